The molecule has 1 saturated heterocycles. The average Bonchev–Trinajstić information content (AvgIpc) is 2.65. The van der Waals surface area contributed by atoms with Crippen molar-refractivity contribution in [2.75, 3.05) is 13.2 Å². The third kappa shape index (κ3) is 2.29. The number of hydrogen-bond acceptors (Lipinski definition) is 3. The van der Waals surface area contributed by atoms with Gasteiger partial charge in [0.2, 0.25) is 5.91 Å². The minimum Gasteiger partial charge on any atom is -0.481 e. The largest absolute Gasteiger partial charge is 0.481 e. The molecule has 1 aliphatic heterocycles. The molecule has 1 saturated carbocycles. The van der Waals surface area contributed by atoms with Gasteiger partial charge in [0.1, 0.15) is 0 Å². The van der Waals surface area contributed by atoms with E-state index >= 15 is 0 Å². The van der Waals surface area contributed by atoms with Crippen LogP contribution in [0.2, 0.25) is 0 Å². The van der Waals surface area contributed by atoms with E-state index in [2.05, 4.69) is 5.32 Å². The van der Waals surface area contributed by atoms with Crippen LogP contribution in [0.1, 0.15) is 26.7 Å². The Balaban J connectivity index is 1.82. The van der Waals surface area contributed by atoms with Crippen molar-refractivity contribution in [1.82, 2.24) is 5.32 Å². The molecule has 1 aliphatic carbocycles. The molecular weight excluding hydrogens is 222 g/mol. The molecule has 0 bridgehead atoms. The fraction of sp³-hybridized carbons (Fsp3) is 0.833. The first-order valence-electron chi connectivity index (χ1n) is 6.06. The molecule has 96 valence electrons. The van der Waals surface area contributed by atoms with Crippen molar-refractivity contribution in [3.63, 3.8) is 0 Å². The predicted molar refractivity (Wildman–Crippen MR) is 60.4 cm³/mol. The molecule has 1 unspecified atom stereocenters. The summed E-state index contributed by atoms with van der Waals surface area (Å²) in [7, 11) is 0. The molecule has 0 aromatic carbocycles. The van der Waals surface area contributed by atoms with Crippen molar-refractivity contribution < 1.29 is 19.4 Å². The summed E-state index contributed by atoms with van der Waals surface area (Å²) in [6.45, 7) is 4.90. The summed E-state index contributed by atoms with van der Waals surface area (Å²) in [6.07, 6.45) is 2.10. The van der Waals surface area contributed by atoms with Crippen LogP contribution in [-0.2, 0) is 14.3 Å². The van der Waals surface area contributed by atoms with Crippen molar-refractivity contribution in [2.24, 2.45) is 17.3 Å². The highest BCUT2D eigenvalue weighted by Gasteiger charge is 2.65. The lowest BCUT2D eigenvalue weighted by atomic mass is 10.1. The Morgan fingerprint density at radius 3 is 2.59 bits per heavy atom. The van der Waals surface area contributed by atoms with Crippen LogP contribution >= 0.6 is 0 Å². The molecular formula is C12H19NO4. The Hall–Kier alpha value is -1.10. The minimum atomic E-state index is -0.882. The van der Waals surface area contributed by atoms with Crippen LogP contribution in [-0.4, -0.2) is 36.2 Å². The first-order chi connectivity index (χ1) is 7.94. The summed E-state index contributed by atoms with van der Waals surface area (Å²) in [5, 5.41) is 11.8. The standard InChI is InChI=1S/C12H19NO4/c1-12(2)8(9(12)11(15)16)10(14)13-6-7-4-3-5-17-7/h7-9H,3-6H2,1-2H3,(H,13,14)(H,15,16)/t7?,8-,9+/m1/s1. The summed E-state index contributed by atoms with van der Waals surface area (Å²) in [5.41, 5.74) is -0.424. The Morgan fingerprint density at radius 1 is 1.41 bits per heavy atom. The van der Waals surface area contributed by atoms with Gasteiger partial charge in [0.15, 0.2) is 0 Å². The zero-order chi connectivity index (χ0) is 12.6. The maximum atomic E-state index is 11.9. The number of nitrogens with one attached hydrogen (secondary N) is 1. The van der Waals surface area contributed by atoms with Crippen LogP contribution in [0.4, 0.5) is 0 Å². The minimum absolute atomic E-state index is 0.101. The molecule has 2 fully saturated rings. The van der Waals surface area contributed by atoms with Gasteiger partial charge in [0.05, 0.1) is 17.9 Å². The smallest absolute Gasteiger partial charge is 0.307 e. The van der Waals surface area contributed by atoms with E-state index in [0.717, 1.165) is 19.4 Å². The third-order valence-corrected chi connectivity index (χ3v) is 3.90. The van der Waals surface area contributed by atoms with Gasteiger partial charge in [-0.2, -0.15) is 0 Å². The number of ether oxygens (including phenoxy) is 1. The zero-order valence-electron chi connectivity index (χ0n) is 10.2. The van der Waals surface area contributed by atoms with Gasteiger partial charge in [-0.25, -0.2) is 0 Å². The van der Waals surface area contributed by atoms with E-state index < -0.39 is 23.2 Å². The zero-order valence-corrected chi connectivity index (χ0v) is 10.2. The lowest BCUT2D eigenvalue weighted by Gasteiger charge is -2.11. The maximum Gasteiger partial charge on any atom is 0.307 e. The maximum absolute atomic E-state index is 11.9. The van der Waals surface area contributed by atoms with E-state index in [9.17, 15) is 9.59 Å². The number of hydrogen-bond donors (Lipinski definition) is 2. The van der Waals surface area contributed by atoms with E-state index in [1.165, 1.54) is 0 Å². The van der Waals surface area contributed by atoms with Crippen LogP contribution in [0.15, 0.2) is 0 Å². The van der Waals surface area contributed by atoms with Crippen LogP contribution < -0.4 is 5.32 Å². The van der Waals surface area contributed by atoms with Gasteiger partial charge < -0.3 is 15.2 Å². The number of carboxylic acid groups (broad SMARTS) is 1. The van der Waals surface area contributed by atoms with E-state index in [1.807, 2.05) is 13.8 Å². The number of carbonyl (C=O) groups excluding carboxylic acids is 1. The van der Waals surface area contributed by atoms with Gasteiger partial charge in [-0.1, -0.05) is 13.8 Å². The van der Waals surface area contributed by atoms with Gasteiger partial charge in [-0.3, -0.25) is 9.59 Å². The van der Waals surface area contributed by atoms with Crippen LogP contribution in [0.3, 0.4) is 0 Å². The second-order valence-electron chi connectivity index (χ2n) is 5.50. The highest BCUT2D eigenvalue weighted by atomic mass is 16.5. The summed E-state index contributed by atoms with van der Waals surface area (Å²) >= 11 is 0. The highest BCUT2D eigenvalue weighted by Crippen LogP contribution is 2.58. The van der Waals surface area contributed by atoms with Gasteiger partial charge in [-0.05, 0) is 18.3 Å². The topological polar surface area (TPSA) is 75.6 Å². The summed E-state index contributed by atoms with van der Waals surface area (Å²) in [4.78, 5) is 22.8. The molecule has 2 aliphatic rings. The summed E-state index contributed by atoms with van der Waals surface area (Å²) in [6, 6.07) is 0. The number of carbonyl (C=O) groups is 2. The first-order valence-corrected chi connectivity index (χ1v) is 6.06. The molecule has 1 heterocycles. The Labute approximate surface area is 101 Å². The van der Waals surface area contributed by atoms with Crippen molar-refractivity contribution in [3.8, 4) is 0 Å². The summed E-state index contributed by atoms with van der Waals surface area (Å²) < 4.78 is 5.40. The quantitative estimate of drug-likeness (QED) is 0.757. The van der Waals surface area contributed by atoms with Crippen molar-refractivity contribution >= 4 is 11.9 Å². The molecule has 5 heteroatoms. The van der Waals surface area contributed by atoms with E-state index in [1.54, 1.807) is 0 Å². The average molecular weight is 241 g/mol. The van der Waals surface area contributed by atoms with Gasteiger partial charge >= 0.3 is 5.97 Å². The Bertz CT molecular complexity index is 333. The molecule has 2 N–H and O–H groups in total. The molecule has 0 radical (unpaired) electrons. The van der Waals surface area contributed by atoms with Crippen molar-refractivity contribution in [1.29, 1.82) is 0 Å². The number of amides is 1. The van der Waals surface area contributed by atoms with E-state index in [4.69, 9.17) is 9.84 Å². The molecule has 0 aromatic rings. The fourth-order valence-corrected chi connectivity index (χ4v) is 2.72. The second-order valence-corrected chi connectivity index (χ2v) is 5.50. The monoisotopic (exact) mass is 241 g/mol. The van der Waals surface area contributed by atoms with Gasteiger partial charge in [0.25, 0.3) is 0 Å². The number of carboxylic acids is 1. The van der Waals surface area contributed by atoms with E-state index in [0.29, 0.717) is 6.54 Å². The first kappa shape index (κ1) is 12.4. The fourth-order valence-electron chi connectivity index (χ4n) is 2.72. The molecule has 0 spiro atoms. The van der Waals surface area contributed by atoms with Gasteiger partial charge in [0, 0.05) is 13.2 Å². The van der Waals surface area contributed by atoms with Crippen molar-refractivity contribution in [3.05, 3.63) is 0 Å². The van der Waals surface area contributed by atoms with Crippen molar-refractivity contribution in [2.45, 2.75) is 32.8 Å². The Kier molecular flexibility index (Phi) is 3.12. The molecule has 17 heavy (non-hydrogen) atoms. The van der Waals surface area contributed by atoms with Crippen LogP contribution in [0.25, 0.3) is 0 Å². The lowest BCUT2D eigenvalue weighted by Crippen LogP contribution is -2.34. The van der Waals surface area contributed by atoms with Gasteiger partial charge in [-0.15, -0.1) is 0 Å². The van der Waals surface area contributed by atoms with E-state index in [-0.39, 0.29) is 12.0 Å². The van der Waals surface area contributed by atoms with Crippen LogP contribution in [0.5, 0.6) is 0 Å². The van der Waals surface area contributed by atoms with Crippen LogP contribution in [0, 0.1) is 17.3 Å². The highest BCUT2D eigenvalue weighted by molar-refractivity contribution is 5.91. The molecule has 3 atom stereocenters. The molecule has 1 amide bonds. The molecule has 0 aromatic heterocycles. The lowest BCUT2D eigenvalue weighted by molar-refractivity contribution is -0.140. The Morgan fingerprint density at radius 2 is 2.12 bits per heavy atom. The summed E-state index contributed by atoms with van der Waals surface area (Å²) in [5.74, 6) is -1.99. The SMILES string of the molecule is CC1(C)[C@H](C(=O)O)[C@@H]1C(=O)NCC1CCCO1. The third-order valence-electron chi connectivity index (χ3n) is 3.90. The predicted octanol–water partition coefficient (Wildman–Crippen LogP) is 0.638. The number of rotatable bonds is 4. The second kappa shape index (κ2) is 4.29. The normalized spacial score (nSPS) is 34.4. The number of aliphatic carboxylic acids is 1. The molecule has 5 nitrogen and oxygen atoms in total. The molecule has 2 rings (SSSR count).